The molecule has 0 aliphatic carbocycles. The predicted molar refractivity (Wildman–Crippen MR) is 68.4 cm³/mol. The molecule has 0 saturated carbocycles. The van der Waals surface area contributed by atoms with Crippen LogP contribution in [0.5, 0.6) is 0 Å². The second-order valence-corrected chi connectivity index (χ2v) is 6.19. The summed E-state index contributed by atoms with van der Waals surface area (Å²) >= 11 is 2.05. The number of nitrogens with one attached hydrogen (secondary N) is 1. The number of hydrogen-bond donors (Lipinski definition) is 1. The van der Waals surface area contributed by atoms with Crippen LogP contribution in [0.1, 0.15) is 26.0 Å². The molecule has 1 fully saturated rings. The molecule has 0 radical (unpaired) electrons. The van der Waals surface area contributed by atoms with E-state index in [-0.39, 0.29) is 0 Å². The summed E-state index contributed by atoms with van der Waals surface area (Å²) in [6.07, 6.45) is 4.66. The third-order valence-corrected chi connectivity index (χ3v) is 4.45. The third kappa shape index (κ3) is 3.46. The molecule has 2 rings (SSSR count). The average Bonchev–Trinajstić information content (AvgIpc) is 2.27. The van der Waals surface area contributed by atoms with E-state index < -0.39 is 0 Å². The van der Waals surface area contributed by atoms with Gasteiger partial charge in [0.1, 0.15) is 6.33 Å². The zero-order chi connectivity index (χ0) is 11.4. The molecule has 2 heterocycles. The van der Waals surface area contributed by atoms with Crippen molar-refractivity contribution in [2.75, 3.05) is 11.5 Å². The van der Waals surface area contributed by atoms with Crippen LogP contribution in [0.25, 0.3) is 0 Å². The van der Waals surface area contributed by atoms with Gasteiger partial charge in [-0.15, -0.1) is 0 Å². The van der Waals surface area contributed by atoms with Gasteiger partial charge in [0.05, 0.1) is 5.69 Å². The van der Waals surface area contributed by atoms with Crippen molar-refractivity contribution in [1.29, 1.82) is 0 Å². The van der Waals surface area contributed by atoms with E-state index in [4.69, 9.17) is 0 Å². The van der Waals surface area contributed by atoms with Crippen molar-refractivity contribution in [1.82, 2.24) is 15.3 Å². The minimum atomic E-state index is 0.465. The predicted octanol–water partition coefficient (Wildman–Crippen LogP) is 2.10. The van der Waals surface area contributed by atoms with Gasteiger partial charge in [0, 0.05) is 24.5 Å². The maximum absolute atomic E-state index is 4.22. The van der Waals surface area contributed by atoms with Crippen molar-refractivity contribution >= 4 is 11.8 Å². The Morgan fingerprint density at radius 3 is 3.12 bits per heavy atom. The highest BCUT2D eigenvalue weighted by atomic mass is 32.2. The Morgan fingerprint density at radius 2 is 2.44 bits per heavy atom. The van der Waals surface area contributed by atoms with Crippen LogP contribution in [0.4, 0.5) is 0 Å². The Labute approximate surface area is 101 Å². The molecule has 1 N–H and O–H groups in total. The van der Waals surface area contributed by atoms with Crippen LogP contribution in [0.2, 0.25) is 0 Å². The van der Waals surface area contributed by atoms with Gasteiger partial charge in [-0.3, -0.25) is 0 Å². The van der Waals surface area contributed by atoms with E-state index in [0.717, 1.165) is 12.2 Å². The van der Waals surface area contributed by atoms with Gasteiger partial charge in [0.15, 0.2) is 0 Å². The summed E-state index contributed by atoms with van der Waals surface area (Å²) in [4.78, 5) is 8.14. The fourth-order valence-corrected chi connectivity index (χ4v) is 3.37. The zero-order valence-corrected chi connectivity index (χ0v) is 10.8. The van der Waals surface area contributed by atoms with E-state index in [2.05, 4.69) is 29.1 Å². The van der Waals surface area contributed by atoms with E-state index in [1.807, 2.05) is 17.8 Å². The van der Waals surface area contributed by atoms with E-state index in [1.54, 1.807) is 12.5 Å². The fourth-order valence-electron chi connectivity index (χ4n) is 2.07. The lowest BCUT2D eigenvalue weighted by Gasteiger charge is -2.35. The number of hydrogen-bond acceptors (Lipinski definition) is 4. The maximum atomic E-state index is 4.22. The molecule has 0 aromatic carbocycles. The first-order valence-corrected chi connectivity index (χ1v) is 6.87. The normalized spacial score (nSPS) is 24.2. The topological polar surface area (TPSA) is 37.8 Å². The van der Waals surface area contributed by atoms with Crippen LogP contribution in [0.3, 0.4) is 0 Å². The first kappa shape index (κ1) is 11.9. The third-order valence-electron chi connectivity index (χ3n) is 2.83. The molecule has 1 saturated heterocycles. The molecule has 1 unspecified atom stereocenters. The van der Waals surface area contributed by atoms with E-state index in [1.165, 1.54) is 17.9 Å². The Morgan fingerprint density at radius 1 is 1.56 bits per heavy atom. The fraction of sp³-hybridized carbons (Fsp3) is 0.667. The highest BCUT2D eigenvalue weighted by Gasteiger charge is 2.27. The van der Waals surface area contributed by atoms with Crippen LogP contribution < -0.4 is 5.32 Å². The standard InChI is InChI=1S/C12H19N3S/c1-12(2)5-11(7-16-8-12)14-6-10-3-4-13-9-15-10/h3-4,9,11,14H,5-8H2,1-2H3. The first-order valence-electron chi connectivity index (χ1n) is 5.72. The molecule has 1 atom stereocenters. The number of rotatable bonds is 3. The minimum absolute atomic E-state index is 0.465. The molecule has 88 valence electrons. The van der Waals surface area contributed by atoms with Gasteiger partial charge in [-0.05, 0) is 23.7 Å². The maximum Gasteiger partial charge on any atom is 0.115 e. The average molecular weight is 237 g/mol. The van der Waals surface area contributed by atoms with Gasteiger partial charge in [-0.25, -0.2) is 9.97 Å². The van der Waals surface area contributed by atoms with E-state index in [0.29, 0.717) is 11.5 Å². The van der Waals surface area contributed by atoms with Gasteiger partial charge >= 0.3 is 0 Å². The highest BCUT2D eigenvalue weighted by Crippen LogP contribution is 2.33. The monoisotopic (exact) mass is 237 g/mol. The van der Waals surface area contributed by atoms with Crippen molar-refractivity contribution in [2.45, 2.75) is 32.9 Å². The molecule has 0 bridgehead atoms. The lowest BCUT2D eigenvalue weighted by molar-refractivity contribution is 0.316. The van der Waals surface area contributed by atoms with Crippen molar-refractivity contribution in [3.63, 3.8) is 0 Å². The van der Waals surface area contributed by atoms with Gasteiger partial charge < -0.3 is 5.32 Å². The number of thioether (sulfide) groups is 1. The van der Waals surface area contributed by atoms with Gasteiger partial charge in [-0.2, -0.15) is 11.8 Å². The Bertz CT molecular complexity index is 326. The summed E-state index contributed by atoms with van der Waals surface area (Å²) < 4.78 is 0. The SMILES string of the molecule is CC1(C)CSCC(NCc2ccncn2)C1. The zero-order valence-electron chi connectivity index (χ0n) is 9.94. The van der Waals surface area contributed by atoms with Gasteiger partial charge in [0.25, 0.3) is 0 Å². The summed E-state index contributed by atoms with van der Waals surface area (Å²) in [5.41, 5.74) is 1.54. The molecular formula is C12H19N3S. The Hall–Kier alpha value is -0.610. The van der Waals surface area contributed by atoms with E-state index in [9.17, 15) is 0 Å². The van der Waals surface area contributed by atoms with Crippen LogP contribution >= 0.6 is 11.8 Å². The van der Waals surface area contributed by atoms with Crippen molar-refractivity contribution in [2.24, 2.45) is 5.41 Å². The summed E-state index contributed by atoms with van der Waals surface area (Å²) in [7, 11) is 0. The van der Waals surface area contributed by atoms with Crippen LogP contribution in [0, 0.1) is 5.41 Å². The molecule has 1 aliphatic rings. The summed E-state index contributed by atoms with van der Waals surface area (Å²) in [5, 5.41) is 3.58. The van der Waals surface area contributed by atoms with Crippen molar-refractivity contribution in [3.05, 3.63) is 24.3 Å². The van der Waals surface area contributed by atoms with Gasteiger partial charge in [-0.1, -0.05) is 13.8 Å². The van der Waals surface area contributed by atoms with Crippen LogP contribution in [-0.4, -0.2) is 27.5 Å². The molecule has 1 aromatic rings. The summed E-state index contributed by atoms with van der Waals surface area (Å²) in [6, 6.07) is 2.58. The van der Waals surface area contributed by atoms with Crippen molar-refractivity contribution < 1.29 is 0 Å². The molecule has 1 aromatic heterocycles. The quantitative estimate of drug-likeness (QED) is 0.873. The molecule has 3 nitrogen and oxygen atoms in total. The lowest BCUT2D eigenvalue weighted by atomic mass is 9.88. The summed E-state index contributed by atoms with van der Waals surface area (Å²) in [6.45, 7) is 5.54. The largest absolute Gasteiger partial charge is 0.308 e. The van der Waals surface area contributed by atoms with Gasteiger partial charge in [0.2, 0.25) is 0 Å². The molecule has 0 amide bonds. The molecule has 1 aliphatic heterocycles. The first-order chi connectivity index (χ1) is 7.66. The van der Waals surface area contributed by atoms with Crippen molar-refractivity contribution in [3.8, 4) is 0 Å². The van der Waals surface area contributed by atoms with Crippen LogP contribution in [0.15, 0.2) is 18.6 Å². The smallest absolute Gasteiger partial charge is 0.115 e. The second-order valence-electron chi connectivity index (χ2n) is 5.16. The highest BCUT2D eigenvalue weighted by molar-refractivity contribution is 7.99. The molecule has 4 heteroatoms. The molecule has 16 heavy (non-hydrogen) atoms. The Kier molecular flexibility index (Phi) is 3.82. The van der Waals surface area contributed by atoms with E-state index >= 15 is 0 Å². The van der Waals surface area contributed by atoms with Crippen LogP contribution in [-0.2, 0) is 6.54 Å². The molecule has 0 spiro atoms. The number of nitrogens with zero attached hydrogens (tertiary/aromatic N) is 2. The molecular weight excluding hydrogens is 218 g/mol. The number of aromatic nitrogens is 2. The lowest BCUT2D eigenvalue weighted by Crippen LogP contribution is -2.40. The minimum Gasteiger partial charge on any atom is -0.308 e. The Balaban J connectivity index is 1.82. The second kappa shape index (κ2) is 5.15. The summed E-state index contributed by atoms with van der Waals surface area (Å²) in [5.74, 6) is 2.49.